The van der Waals surface area contributed by atoms with Gasteiger partial charge in [-0.05, 0) is 36.5 Å². The van der Waals surface area contributed by atoms with Crippen molar-refractivity contribution in [2.75, 3.05) is 19.0 Å². The van der Waals surface area contributed by atoms with Gasteiger partial charge in [-0.25, -0.2) is 4.39 Å². The highest BCUT2D eigenvalue weighted by Gasteiger charge is 2.18. The van der Waals surface area contributed by atoms with E-state index >= 15 is 0 Å². The van der Waals surface area contributed by atoms with E-state index in [9.17, 15) is 24.1 Å². The molecule has 0 spiro atoms. The third-order valence-corrected chi connectivity index (χ3v) is 3.69. The van der Waals surface area contributed by atoms with Gasteiger partial charge in [-0.1, -0.05) is 12.1 Å². The molecule has 10 nitrogen and oxygen atoms in total. The van der Waals surface area contributed by atoms with E-state index in [1.807, 2.05) is 0 Å². The normalized spacial score (nSPS) is 9.86. The number of methoxy groups -OCH3 is 1. The SMILES string of the molecule is COc1ccc(C(=O)NCC(=O)NNC(=S)Nc2ccccc2F)cc1[N+](=O)[O-]. The van der Waals surface area contributed by atoms with Crippen LogP contribution in [0.4, 0.5) is 15.8 Å². The van der Waals surface area contributed by atoms with Gasteiger partial charge in [0, 0.05) is 11.6 Å². The van der Waals surface area contributed by atoms with Gasteiger partial charge in [0.25, 0.3) is 11.8 Å². The highest BCUT2D eigenvalue weighted by molar-refractivity contribution is 7.80. The van der Waals surface area contributed by atoms with E-state index in [-0.39, 0.29) is 27.8 Å². The molecule has 0 aliphatic rings. The molecule has 0 aliphatic heterocycles. The summed E-state index contributed by atoms with van der Waals surface area (Å²) >= 11 is 4.92. The second-order valence-electron chi connectivity index (χ2n) is 5.43. The van der Waals surface area contributed by atoms with Gasteiger partial charge in [0.15, 0.2) is 10.9 Å². The molecule has 2 rings (SSSR count). The standard InChI is InChI=1S/C17H16FN5O5S/c1-28-14-7-6-10(8-13(14)23(26)27)16(25)19-9-15(24)21-22-17(29)20-12-5-3-2-4-11(12)18/h2-8H,9H2,1H3,(H,19,25)(H,21,24)(H2,20,22,29). The van der Waals surface area contributed by atoms with Crippen LogP contribution < -0.4 is 26.2 Å². The van der Waals surface area contributed by atoms with Gasteiger partial charge in [0.2, 0.25) is 0 Å². The lowest BCUT2D eigenvalue weighted by Crippen LogP contribution is -2.47. The summed E-state index contributed by atoms with van der Waals surface area (Å²) in [5.41, 5.74) is 4.30. The summed E-state index contributed by atoms with van der Waals surface area (Å²) in [6.45, 7) is -0.437. The first-order chi connectivity index (χ1) is 13.8. The molecule has 29 heavy (non-hydrogen) atoms. The van der Waals surface area contributed by atoms with Gasteiger partial charge < -0.3 is 15.4 Å². The zero-order valence-electron chi connectivity index (χ0n) is 15.0. The maximum absolute atomic E-state index is 13.5. The van der Waals surface area contributed by atoms with Crippen molar-refractivity contribution in [3.63, 3.8) is 0 Å². The van der Waals surface area contributed by atoms with Crippen LogP contribution in [0.2, 0.25) is 0 Å². The molecule has 0 saturated carbocycles. The van der Waals surface area contributed by atoms with E-state index in [0.717, 1.165) is 6.07 Å². The summed E-state index contributed by atoms with van der Waals surface area (Å²) in [4.78, 5) is 34.2. The first-order valence-electron chi connectivity index (χ1n) is 8.02. The molecular weight excluding hydrogens is 405 g/mol. The van der Waals surface area contributed by atoms with Crippen LogP contribution in [0.15, 0.2) is 42.5 Å². The first kappa shape index (κ1) is 21.5. The monoisotopic (exact) mass is 421 g/mol. The Hall–Kier alpha value is -3.80. The lowest BCUT2D eigenvalue weighted by atomic mass is 10.1. The lowest BCUT2D eigenvalue weighted by molar-refractivity contribution is -0.385. The predicted molar refractivity (Wildman–Crippen MR) is 106 cm³/mol. The van der Waals surface area contributed by atoms with Gasteiger partial charge in [0.1, 0.15) is 5.82 Å². The van der Waals surface area contributed by atoms with Gasteiger partial charge >= 0.3 is 5.69 Å². The molecule has 2 aromatic rings. The van der Waals surface area contributed by atoms with E-state index in [0.29, 0.717) is 0 Å². The molecule has 2 aromatic carbocycles. The number of hydrogen-bond donors (Lipinski definition) is 4. The summed E-state index contributed by atoms with van der Waals surface area (Å²) in [5.74, 6) is -1.87. The Morgan fingerprint density at radius 2 is 1.93 bits per heavy atom. The minimum absolute atomic E-state index is 0.00404. The Morgan fingerprint density at radius 3 is 2.59 bits per heavy atom. The summed E-state index contributed by atoms with van der Waals surface area (Å²) in [5, 5.41) is 15.8. The number of nitro groups is 1. The minimum atomic E-state index is -0.696. The van der Waals surface area contributed by atoms with Crippen molar-refractivity contribution in [3.05, 3.63) is 64.0 Å². The Labute approximate surface area is 169 Å². The number of carbonyl (C=O) groups excluding carboxylic acids is 2. The molecule has 0 saturated heterocycles. The number of nitrogens with zero attached hydrogens (tertiary/aromatic N) is 1. The van der Waals surface area contributed by atoms with Crippen LogP contribution in [-0.4, -0.2) is 35.5 Å². The zero-order chi connectivity index (χ0) is 21.4. The zero-order valence-corrected chi connectivity index (χ0v) is 15.8. The van der Waals surface area contributed by atoms with Crippen LogP contribution in [0.5, 0.6) is 5.75 Å². The summed E-state index contributed by atoms with van der Waals surface area (Å²) in [6.07, 6.45) is 0. The second-order valence-corrected chi connectivity index (χ2v) is 5.84. The van der Waals surface area contributed by atoms with E-state index < -0.39 is 29.1 Å². The molecule has 12 heteroatoms. The second kappa shape index (κ2) is 9.94. The molecule has 0 unspecified atom stereocenters. The Morgan fingerprint density at radius 1 is 1.21 bits per heavy atom. The Kier molecular flexibility index (Phi) is 7.37. The molecular formula is C17H16FN5O5S. The fraction of sp³-hybridized carbons (Fsp3) is 0.118. The molecule has 0 fully saturated rings. The number of para-hydroxylation sites is 1. The number of rotatable bonds is 6. The summed E-state index contributed by atoms with van der Waals surface area (Å²) in [6, 6.07) is 9.45. The van der Waals surface area contributed by atoms with Gasteiger partial charge in [-0.2, -0.15) is 0 Å². The quantitative estimate of drug-likeness (QED) is 0.313. The number of hydrogen-bond acceptors (Lipinski definition) is 6. The topological polar surface area (TPSA) is 135 Å². The van der Waals surface area contributed by atoms with Gasteiger partial charge in [-0.15, -0.1) is 0 Å². The maximum Gasteiger partial charge on any atom is 0.311 e. The third-order valence-electron chi connectivity index (χ3n) is 3.48. The van der Waals surface area contributed by atoms with E-state index in [4.69, 9.17) is 17.0 Å². The number of anilines is 1. The largest absolute Gasteiger partial charge is 0.490 e. The van der Waals surface area contributed by atoms with Crippen molar-refractivity contribution in [1.82, 2.24) is 16.2 Å². The van der Waals surface area contributed by atoms with Crippen LogP contribution in [0.25, 0.3) is 0 Å². The molecule has 152 valence electrons. The molecule has 0 radical (unpaired) electrons. The van der Waals surface area contributed by atoms with Crippen LogP contribution in [0.3, 0.4) is 0 Å². The average Bonchev–Trinajstić information content (AvgIpc) is 2.71. The Bertz CT molecular complexity index is 956. The number of amides is 2. The van der Waals surface area contributed by atoms with E-state index in [1.54, 1.807) is 6.07 Å². The van der Waals surface area contributed by atoms with E-state index in [1.165, 1.54) is 37.4 Å². The first-order valence-corrected chi connectivity index (χ1v) is 8.43. The fourth-order valence-corrected chi connectivity index (χ4v) is 2.28. The van der Waals surface area contributed by atoms with Gasteiger partial charge in [0.05, 0.1) is 24.3 Å². The van der Waals surface area contributed by atoms with Crippen molar-refractivity contribution in [3.8, 4) is 5.75 Å². The number of hydrazine groups is 1. The summed E-state index contributed by atoms with van der Waals surface area (Å²) < 4.78 is 18.4. The van der Waals surface area contributed by atoms with Crippen LogP contribution in [0.1, 0.15) is 10.4 Å². The third kappa shape index (κ3) is 6.10. The van der Waals surface area contributed by atoms with Gasteiger partial charge in [-0.3, -0.25) is 30.6 Å². The van der Waals surface area contributed by atoms with Crippen molar-refractivity contribution in [2.24, 2.45) is 0 Å². The summed E-state index contributed by atoms with van der Waals surface area (Å²) in [7, 11) is 1.27. The molecule has 0 bridgehead atoms. The van der Waals surface area contributed by atoms with Crippen molar-refractivity contribution >= 4 is 40.5 Å². The smallest absolute Gasteiger partial charge is 0.311 e. The molecule has 0 aromatic heterocycles. The number of halogens is 1. The van der Waals surface area contributed by atoms with Crippen molar-refractivity contribution in [2.45, 2.75) is 0 Å². The highest BCUT2D eigenvalue weighted by atomic mass is 32.1. The number of benzene rings is 2. The number of nitrogens with one attached hydrogen (secondary N) is 4. The molecule has 0 atom stereocenters. The number of carbonyl (C=O) groups is 2. The number of thiocarbonyl (C=S) groups is 1. The minimum Gasteiger partial charge on any atom is -0.490 e. The molecule has 0 aliphatic carbocycles. The van der Waals surface area contributed by atoms with Crippen LogP contribution in [-0.2, 0) is 4.79 Å². The number of ether oxygens (including phenoxy) is 1. The van der Waals surface area contributed by atoms with E-state index in [2.05, 4.69) is 21.5 Å². The predicted octanol–water partition coefficient (Wildman–Crippen LogP) is 1.49. The molecule has 4 N–H and O–H groups in total. The maximum atomic E-state index is 13.5. The van der Waals surface area contributed by atoms with Crippen molar-refractivity contribution in [1.29, 1.82) is 0 Å². The highest BCUT2D eigenvalue weighted by Crippen LogP contribution is 2.27. The van der Waals surface area contributed by atoms with Crippen molar-refractivity contribution < 1.29 is 23.6 Å². The molecule has 2 amide bonds. The lowest BCUT2D eigenvalue weighted by Gasteiger charge is -2.12. The number of nitro benzene ring substituents is 1. The fourth-order valence-electron chi connectivity index (χ4n) is 2.12. The van der Waals surface area contributed by atoms with Crippen LogP contribution in [0, 0.1) is 15.9 Å². The Balaban J connectivity index is 1.83. The molecule has 0 heterocycles. The van der Waals surface area contributed by atoms with Crippen LogP contribution >= 0.6 is 12.2 Å². The average molecular weight is 421 g/mol.